The highest BCUT2D eigenvalue weighted by Crippen LogP contribution is 2.14. The molecule has 0 fully saturated rings. The van der Waals surface area contributed by atoms with E-state index in [4.69, 9.17) is 14.6 Å². The molecule has 0 spiro atoms. The summed E-state index contributed by atoms with van der Waals surface area (Å²) in [7, 11) is 0. The summed E-state index contributed by atoms with van der Waals surface area (Å²) < 4.78 is 9.89. The Balaban J connectivity index is 4.49. The lowest BCUT2D eigenvalue weighted by Crippen LogP contribution is -2.25. The summed E-state index contributed by atoms with van der Waals surface area (Å²) >= 11 is 0. The van der Waals surface area contributed by atoms with Gasteiger partial charge in [0, 0.05) is 11.1 Å². The number of carbonyl (C=O) groups is 3. The Labute approximate surface area is 123 Å². The summed E-state index contributed by atoms with van der Waals surface area (Å²) in [5, 5.41) is 8.91. The molecule has 0 aliphatic heterocycles. The van der Waals surface area contributed by atoms with Crippen LogP contribution in [0.15, 0.2) is 36.5 Å². The molecular weight excluding hydrogens is 276 g/mol. The molecule has 0 aromatic rings. The number of hydrogen-bond donors (Lipinski definition) is 1. The third-order valence-corrected chi connectivity index (χ3v) is 2.45. The van der Waals surface area contributed by atoms with Crippen LogP contribution in [0.5, 0.6) is 0 Å². The molecule has 116 valence electrons. The molecule has 0 aromatic heterocycles. The third-order valence-electron chi connectivity index (χ3n) is 2.45. The number of aliphatic carboxylic acids is 1. The zero-order valence-corrected chi connectivity index (χ0v) is 12.3. The number of ether oxygens (including phenoxy) is 2. The lowest BCUT2D eigenvalue weighted by molar-refractivity contribution is -0.146. The van der Waals surface area contributed by atoms with Gasteiger partial charge in [0.05, 0.1) is 12.2 Å². The largest absolute Gasteiger partial charge is 0.478 e. The Hall–Kier alpha value is -2.37. The molecule has 0 radical (unpaired) electrons. The lowest BCUT2D eigenvalue weighted by atomic mass is 10.1. The molecule has 0 heterocycles. The molecule has 0 saturated carbocycles. The van der Waals surface area contributed by atoms with Crippen molar-refractivity contribution in [3.8, 4) is 0 Å². The topological polar surface area (TPSA) is 89.9 Å². The molecule has 0 aliphatic rings. The van der Waals surface area contributed by atoms with Crippen LogP contribution in [0, 0.1) is 0 Å². The Kier molecular flexibility index (Phi) is 7.75. The van der Waals surface area contributed by atoms with Crippen LogP contribution in [0.25, 0.3) is 0 Å². The fourth-order valence-electron chi connectivity index (χ4n) is 1.23. The molecule has 1 unspecified atom stereocenters. The van der Waals surface area contributed by atoms with E-state index in [1.165, 1.54) is 13.8 Å². The number of carboxylic acid groups (broad SMARTS) is 1. The highest BCUT2D eigenvalue weighted by atomic mass is 16.5. The monoisotopic (exact) mass is 296 g/mol. The van der Waals surface area contributed by atoms with Crippen LogP contribution in [0.4, 0.5) is 0 Å². The summed E-state index contributed by atoms with van der Waals surface area (Å²) in [4.78, 5) is 33.5. The van der Waals surface area contributed by atoms with Gasteiger partial charge in [-0.15, -0.1) is 0 Å². The van der Waals surface area contributed by atoms with Crippen molar-refractivity contribution in [1.29, 1.82) is 0 Å². The van der Waals surface area contributed by atoms with Crippen LogP contribution >= 0.6 is 0 Å². The summed E-state index contributed by atoms with van der Waals surface area (Å²) in [5.74, 6) is -2.47. The standard InChI is InChI=1S/C15H20O6/c1-9(2)14(18)20-8-6-7-12(11(5)13(16)17)21-15(19)10(3)4/h12H,1,3,5-8H2,2,4H3,(H,16,17). The van der Waals surface area contributed by atoms with Gasteiger partial charge in [-0.25, -0.2) is 14.4 Å². The fourth-order valence-corrected chi connectivity index (χ4v) is 1.23. The molecule has 6 heteroatoms. The van der Waals surface area contributed by atoms with Gasteiger partial charge in [-0.1, -0.05) is 19.7 Å². The highest BCUT2D eigenvalue weighted by molar-refractivity contribution is 5.90. The van der Waals surface area contributed by atoms with Crippen LogP contribution in [-0.4, -0.2) is 35.7 Å². The van der Waals surface area contributed by atoms with Crippen LogP contribution in [0.1, 0.15) is 26.7 Å². The van der Waals surface area contributed by atoms with Gasteiger partial charge in [-0.3, -0.25) is 0 Å². The van der Waals surface area contributed by atoms with Gasteiger partial charge in [0.1, 0.15) is 6.10 Å². The van der Waals surface area contributed by atoms with Crippen molar-refractivity contribution in [2.45, 2.75) is 32.8 Å². The smallest absolute Gasteiger partial charge is 0.334 e. The van der Waals surface area contributed by atoms with Crippen LogP contribution in [0.3, 0.4) is 0 Å². The normalized spacial score (nSPS) is 11.1. The first-order valence-electron chi connectivity index (χ1n) is 6.28. The van der Waals surface area contributed by atoms with Crippen molar-refractivity contribution >= 4 is 17.9 Å². The number of hydrogen-bond acceptors (Lipinski definition) is 5. The Bertz CT molecular complexity index is 475. The van der Waals surface area contributed by atoms with Gasteiger partial charge in [-0.2, -0.15) is 0 Å². The van der Waals surface area contributed by atoms with E-state index in [1.807, 2.05) is 0 Å². The SMILES string of the molecule is C=C(C)C(=O)OCCCC(OC(=O)C(=C)C)C(=C)C(=O)O. The quantitative estimate of drug-likeness (QED) is 0.398. The van der Waals surface area contributed by atoms with Gasteiger partial charge in [0.25, 0.3) is 0 Å². The molecule has 6 nitrogen and oxygen atoms in total. The first-order chi connectivity index (χ1) is 9.66. The van der Waals surface area contributed by atoms with E-state index in [-0.39, 0.29) is 29.7 Å². The molecular formula is C15H20O6. The molecule has 0 bridgehead atoms. The second-order valence-corrected chi connectivity index (χ2v) is 4.56. The maximum Gasteiger partial charge on any atom is 0.334 e. The molecule has 0 aromatic carbocycles. The predicted molar refractivity (Wildman–Crippen MR) is 76.5 cm³/mol. The average molecular weight is 296 g/mol. The van der Waals surface area contributed by atoms with E-state index >= 15 is 0 Å². The van der Waals surface area contributed by atoms with Crippen molar-refractivity contribution in [2.75, 3.05) is 6.61 Å². The molecule has 1 N–H and O–H groups in total. The summed E-state index contributed by atoms with van der Waals surface area (Å²) in [5.41, 5.74) is 0.193. The Morgan fingerprint density at radius 2 is 1.57 bits per heavy atom. The van der Waals surface area contributed by atoms with Crippen molar-refractivity contribution in [2.24, 2.45) is 0 Å². The molecule has 0 saturated heterocycles. The number of rotatable bonds is 9. The minimum atomic E-state index is -1.26. The summed E-state index contributed by atoms with van der Waals surface area (Å²) in [6.07, 6.45) is -0.497. The van der Waals surface area contributed by atoms with Crippen molar-refractivity contribution in [3.63, 3.8) is 0 Å². The van der Waals surface area contributed by atoms with Gasteiger partial charge < -0.3 is 14.6 Å². The van der Waals surface area contributed by atoms with Crippen molar-refractivity contribution < 1.29 is 29.0 Å². The summed E-state index contributed by atoms with van der Waals surface area (Å²) in [6.45, 7) is 13.3. The van der Waals surface area contributed by atoms with Gasteiger partial charge in [0.2, 0.25) is 0 Å². The van der Waals surface area contributed by atoms with Gasteiger partial charge >= 0.3 is 17.9 Å². The van der Waals surface area contributed by atoms with E-state index in [0.29, 0.717) is 6.42 Å². The number of carboxylic acids is 1. The minimum Gasteiger partial charge on any atom is -0.478 e. The highest BCUT2D eigenvalue weighted by Gasteiger charge is 2.22. The maximum absolute atomic E-state index is 11.5. The second kappa shape index (κ2) is 8.73. The van der Waals surface area contributed by atoms with E-state index in [1.54, 1.807) is 0 Å². The molecule has 0 rings (SSSR count). The third kappa shape index (κ3) is 7.10. The lowest BCUT2D eigenvalue weighted by Gasteiger charge is -2.18. The van der Waals surface area contributed by atoms with Crippen LogP contribution < -0.4 is 0 Å². The Morgan fingerprint density at radius 3 is 2.00 bits per heavy atom. The van der Waals surface area contributed by atoms with E-state index in [2.05, 4.69) is 19.7 Å². The van der Waals surface area contributed by atoms with Crippen molar-refractivity contribution in [3.05, 3.63) is 36.5 Å². The minimum absolute atomic E-state index is 0.0692. The zero-order chi connectivity index (χ0) is 16.6. The van der Waals surface area contributed by atoms with E-state index in [0.717, 1.165) is 0 Å². The first kappa shape index (κ1) is 18.6. The molecule has 0 amide bonds. The number of carbonyl (C=O) groups excluding carboxylic acids is 2. The second-order valence-electron chi connectivity index (χ2n) is 4.56. The van der Waals surface area contributed by atoms with Gasteiger partial charge in [-0.05, 0) is 26.7 Å². The van der Waals surface area contributed by atoms with Crippen LogP contribution in [-0.2, 0) is 23.9 Å². The van der Waals surface area contributed by atoms with E-state index in [9.17, 15) is 14.4 Å². The Morgan fingerprint density at radius 1 is 1.05 bits per heavy atom. The first-order valence-corrected chi connectivity index (χ1v) is 6.28. The predicted octanol–water partition coefficient (Wildman–Crippen LogP) is 2.01. The molecule has 1 atom stereocenters. The number of esters is 2. The summed E-state index contributed by atoms with van der Waals surface area (Å²) in [6, 6.07) is 0. The fraction of sp³-hybridized carbons (Fsp3) is 0.400. The molecule has 21 heavy (non-hydrogen) atoms. The zero-order valence-electron chi connectivity index (χ0n) is 12.3. The maximum atomic E-state index is 11.5. The van der Waals surface area contributed by atoms with Crippen molar-refractivity contribution in [1.82, 2.24) is 0 Å². The van der Waals surface area contributed by atoms with E-state index < -0.39 is 24.0 Å². The molecule has 0 aliphatic carbocycles. The van der Waals surface area contributed by atoms with Gasteiger partial charge in [0.15, 0.2) is 0 Å². The van der Waals surface area contributed by atoms with Crippen LogP contribution in [0.2, 0.25) is 0 Å². The average Bonchev–Trinajstić information content (AvgIpc) is 2.40.